The van der Waals surface area contributed by atoms with Crippen LogP contribution in [-0.2, 0) is 15.1 Å². The van der Waals surface area contributed by atoms with Crippen LogP contribution in [0.15, 0.2) is 24.3 Å². The Kier molecular flexibility index (Phi) is 6.72. The van der Waals surface area contributed by atoms with Crippen LogP contribution in [0.4, 0.5) is 9.18 Å². The smallest absolute Gasteiger partial charge is 0.325 e. The fraction of sp³-hybridized carbons (Fsp3) is 0.625. The molecular weight excluding hydrogens is 397 g/mol. The number of carbonyl (C=O) groups excluding carboxylic acids is 3. The van der Waals surface area contributed by atoms with Crippen LogP contribution in [0, 0.1) is 17.2 Å². The van der Waals surface area contributed by atoms with Gasteiger partial charge in [0.2, 0.25) is 5.91 Å². The molecule has 0 radical (unpaired) electrons. The summed E-state index contributed by atoms with van der Waals surface area (Å²) in [6, 6.07) is 4.99. The van der Waals surface area contributed by atoms with Crippen molar-refractivity contribution in [2.24, 2.45) is 11.3 Å². The molecule has 4 amide bonds. The zero-order chi connectivity index (χ0) is 22.8. The van der Waals surface area contributed by atoms with E-state index in [9.17, 15) is 18.8 Å². The molecule has 31 heavy (non-hydrogen) atoms. The molecule has 2 N–H and O–H groups in total. The van der Waals surface area contributed by atoms with Gasteiger partial charge >= 0.3 is 6.03 Å². The van der Waals surface area contributed by atoms with Gasteiger partial charge in [0, 0.05) is 6.04 Å². The number of hydrogen-bond donors (Lipinski definition) is 2. The second-order valence-corrected chi connectivity index (χ2v) is 9.55. The summed E-state index contributed by atoms with van der Waals surface area (Å²) >= 11 is 0. The van der Waals surface area contributed by atoms with Gasteiger partial charge in [-0.3, -0.25) is 14.5 Å². The number of benzene rings is 1. The highest BCUT2D eigenvalue weighted by molar-refractivity contribution is 6.09. The second-order valence-electron chi connectivity index (χ2n) is 9.55. The second kappa shape index (κ2) is 8.97. The molecule has 1 aliphatic heterocycles. The molecule has 1 aliphatic carbocycles. The number of imide groups is 1. The Labute approximate surface area is 183 Å². The summed E-state index contributed by atoms with van der Waals surface area (Å²) in [7, 11) is 0. The Balaban J connectivity index is 1.61. The lowest BCUT2D eigenvalue weighted by Crippen LogP contribution is -2.47. The van der Waals surface area contributed by atoms with E-state index >= 15 is 0 Å². The van der Waals surface area contributed by atoms with Crippen molar-refractivity contribution in [1.29, 1.82) is 0 Å². The maximum Gasteiger partial charge on any atom is 0.325 e. The van der Waals surface area contributed by atoms with E-state index in [0.29, 0.717) is 23.3 Å². The molecule has 3 rings (SSSR count). The number of halogens is 1. The van der Waals surface area contributed by atoms with E-state index in [2.05, 4.69) is 31.4 Å². The minimum Gasteiger partial charge on any atom is -0.352 e. The van der Waals surface area contributed by atoms with Crippen LogP contribution < -0.4 is 10.6 Å². The first-order chi connectivity index (χ1) is 14.6. The fourth-order valence-electron chi connectivity index (χ4n) is 4.87. The van der Waals surface area contributed by atoms with Crippen LogP contribution in [0.1, 0.15) is 71.8 Å². The van der Waals surface area contributed by atoms with Crippen molar-refractivity contribution >= 4 is 17.8 Å². The zero-order valence-electron chi connectivity index (χ0n) is 19.0. The van der Waals surface area contributed by atoms with Crippen molar-refractivity contribution in [3.05, 3.63) is 35.6 Å². The van der Waals surface area contributed by atoms with Gasteiger partial charge in [-0.1, -0.05) is 46.2 Å². The van der Waals surface area contributed by atoms with Crippen molar-refractivity contribution in [1.82, 2.24) is 15.5 Å². The van der Waals surface area contributed by atoms with Gasteiger partial charge in [-0.15, -0.1) is 0 Å². The van der Waals surface area contributed by atoms with Gasteiger partial charge in [0.25, 0.3) is 5.91 Å². The van der Waals surface area contributed by atoms with E-state index in [0.717, 1.165) is 37.0 Å². The summed E-state index contributed by atoms with van der Waals surface area (Å²) in [5.74, 6) is -0.569. The van der Waals surface area contributed by atoms with E-state index in [-0.39, 0.29) is 18.5 Å². The molecule has 1 atom stereocenters. The predicted octanol–water partition coefficient (Wildman–Crippen LogP) is 4.09. The molecule has 0 bridgehead atoms. The van der Waals surface area contributed by atoms with Gasteiger partial charge in [0.15, 0.2) is 0 Å². The van der Waals surface area contributed by atoms with Gasteiger partial charge < -0.3 is 10.6 Å². The molecule has 1 saturated heterocycles. The molecule has 1 heterocycles. The Morgan fingerprint density at radius 3 is 2.32 bits per heavy atom. The van der Waals surface area contributed by atoms with Crippen LogP contribution in [0.25, 0.3) is 0 Å². The molecule has 6 nitrogen and oxygen atoms in total. The normalized spacial score (nSPS) is 26.7. The Hall–Kier alpha value is -2.44. The number of carbonyl (C=O) groups is 3. The summed E-state index contributed by atoms with van der Waals surface area (Å²) in [5, 5.41) is 5.73. The van der Waals surface area contributed by atoms with Gasteiger partial charge in [-0.2, -0.15) is 0 Å². The molecule has 0 unspecified atom stereocenters. The molecule has 1 aromatic carbocycles. The number of hydrogen-bond acceptors (Lipinski definition) is 3. The van der Waals surface area contributed by atoms with E-state index in [1.54, 1.807) is 6.92 Å². The van der Waals surface area contributed by atoms with Gasteiger partial charge in [-0.25, -0.2) is 9.18 Å². The fourth-order valence-corrected chi connectivity index (χ4v) is 4.87. The SMILES string of the molecule is CCC(C)(C)C1CCC(NC(=O)CN2C(=O)N[C@@](CC)(c3ccc(F)cc3)C2=O)CC1. The Morgan fingerprint density at radius 2 is 1.77 bits per heavy atom. The lowest BCUT2D eigenvalue weighted by Gasteiger charge is -2.39. The quantitative estimate of drug-likeness (QED) is 0.638. The Bertz CT molecular complexity index is 831. The number of nitrogens with zero attached hydrogens (tertiary/aromatic N) is 1. The van der Waals surface area contributed by atoms with Crippen molar-refractivity contribution in [2.75, 3.05) is 6.54 Å². The first-order valence-corrected chi connectivity index (χ1v) is 11.3. The minimum atomic E-state index is -1.27. The molecule has 2 aliphatic rings. The summed E-state index contributed by atoms with van der Waals surface area (Å²) in [6.07, 6.45) is 5.40. The van der Waals surface area contributed by atoms with Gasteiger partial charge in [-0.05, 0) is 61.1 Å². The maximum absolute atomic E-state index is 13.3. The van der Waals surface area contributed by atoms with E-state index in [4.69, 9.17) is 0 Å². The van der Waals surface area contributed by atoms with Crippen molar-refractivity contribution in [3.63, 3.8) is 0 Å². The van der Waals surface area contributed by atoms with Gasteiger partial charge in [0.1, 0.15) is 17.9 Å². The standard InChI is InChI=1S/C24H34FN3O3/c1-5-23(3,4)16-9-13-19(14-10-16)26-20(29)15-28-21(30)24(6-2,27-22(28)31)17-7-11-18(25)12-8-17/h7-8,11-12,16,19H,5-6,9-10,13-15H2,1-4H3,(H,26,29)(H,27,31)/t16?,19?,24-/m0/s1. The minimum absolute atomic E-state index is 0.0743. The Morgan fingerprint density at radius 1 is 1.16 bits per heavy atom. The average molecular weight is 432 g/mol. The van der Waals surface area contributed by atoms with Crippen molar-refractivity contribution < 1.29 is 18.8 Å². The largest absolute Gasteiger partial charge is 0.352 e. The predicted molar refractivity (Wildman–Crippen MR) is 117 cm³/mol. The van der Waals surface area contributed by atoms with Crippen molar-refractivity contribution in [3.8, 4) is 0 Å². The van der Waals surface area contributed by atoms with Gasteiger partial charge in [0.05, 0.1) is 0 Å². The maximum atomic E-state index is 13.3. The molecule has 170 valence electrons. The van der Waals surface area contributed by atoms with E-state index in [1.165, 1.54) is 24.3 Å². The summed E-state index contributed by atoms with van der Waals surface area (Å²) in [5.41, 5.74) is -0.456. The van der Waals surface area contributed by atoms with Crippen LogP contribution in [0.3, 0.4) is 0 Å². The van der Waals surface area contributed by atoms with Crippen molar-refractivity contribution in [2.45, 2.75) is 77.8 Å². The van der Waals surface area contributed by atoms with Crippen LogP contribution in [0.5, 0.6) is 0 Å². The molecule has 1 saturated carbocycles. The molecule has 1 aromatic rings. The zero-order valence-corrected chi connectivity index (χ0v) is 19.0. The summed E-state index contributed by atoms with van der Waals surface area (Å²) in [6.45, 7) is 8.29. The lowest BCUT2D eigenvalue weighted by molar-refractivity contribution is -0.135. The van der Waals surface area contributed by atoms with E-state index < -0.39 is 23.3 Å². The molecule has 2 fully saturated rings. The number of amides is 4. The lowest BCUT2D eigenvalue weighted by atomic mass is 9.69. The number of urea groups is 1. The molecular formula is C24H34FN3O3. The third kappa shape index (κ3) is 4.60. The van der Waals surface area contributed by atoms with Crippen LogP contribution in [0.2, 0.25) is 0 Å². The summed E-state index contributed by atoms with van der Waals surface area (Å²) < 4.78 is 13.3. The average Bonchev–Trinajstić information content (AvgIpc) is 2.99. The first kappa shape index (κ1) is 23.2. The number of rotatable bonds is 7. The third-order valence-corrected chi connectivity index (χ3v) is 7.45. The number of nitrogens with one attached hydrogen (secondary N) is 2. The molecule has 7 heteroatoms. The third-order valence-electron chi connectivity index (χ3n) is 7.45. The van der Waals surface area contributed by atoms with E-state index in [1.807, 2.05) is 0 Å². The topological polar surface area (TPSA) is 78.5 Å². The first-order valence-electron chi connectivity index (χ1n) is 11.3. The highest BCUT2D eigenvalue weighted by atomic mass is 19.1. The monoisotopic (exact) mass is 431 g/mol. The van der Waals surface area contributed by atoms with Crippen LogP contribution >= 0.6 is 0 Å². The molecule has 0 aromatic heterocycles. The highest BCUT2D eigenvalue weighted by Crippen LogP contribution is 2.40. The summed E-state index contributed by atoms with van der Waals surface area (Å²) in [4.78, 5) is 39.3. The van der Waals surface area contributed by atoms with Crippen LogP contribution in [-0.4, -0.2) is 35.3 Å². The molecule has 0 spiro atoms. The highest BCUT2D eigenvalue weighted by Gasteiger charge is 2.51.